The van der Waals surface area contributed by atoms with Crippen molar-refractivity contribution in [3.8, 4) is 5.75 Å². The van der Waals surface area contributed by atoms with Gasteiger partial charge < -0.3 is 14.8 Å². The first-order valence-electron chi connectivity index (χ1n) is 7.58. The average Bonchev–Trinajstić information content (AvgIpc) is 2.39. The van der Waals surface area contributed by atoms with Gasteiger partial charge in [0.25, 0.3) is 0 Å². The third kappa shape index (κ3) is 6.97. The quantitative estimate of drug-likeness (QED) is 0.683. The SMILES string of the molecule is CC(C)CCCC(C)CCOc1ccc(B(O)O)cc1. The Kier molecular flexibility index (Phi) is 7.71. The van der Waals surface area contributed by atoms with Gasteiger partial charge in [-0.3, -0.25) is 0 Å². The van der Waals surface area contributed by atoms with Gasteiger partial charge in [-0.1, -0.05) is 52.2 Å². The van der Waals surface area contributed by atoms with E-state index >= 15 is 0 Å². The first-order chi connectivity index (χ1) is 9.49. The second-order valence-electron chi connectivity index (χ2n) is 6.01. The highest BCUT2D eigenvalue weighted by Crippen LogP contribution is 2.16. The molecule has 0 aliphatic heterocycles. The number of rotatable bonds is 9. The molecule has 0 saturated carbocycles. The third-order valence-corrected chi connectivity index (χ3v) is 3.54. The third-order valence-electron chi connectivity index (χ3n) is 3.54. The van der Waals surface area contributed by atoms with E-state index in [0.29, 0.717) is 18.0 Å². The summed E-state index contributed by atoms with van der Waals surface area (Å²) in [6.45, 7) is 7.51. The summed E-state index contributed by atoms with van der Waals surface area (Å²) >= 11 is 0. The molecule has 0 aromatic heterocycles. The first-order valence-corrected chi connectivity index (χ1v) is 7.58. The predicted octanol–water partition coefficient (Wildman–Crippen LogP) is 2.60. The summed E-state index contributed by atoms with van der Waals surface area (Å²) in [5.41, 5.74) is 0.486. The van der Waals surface area contributed by atoms with Gasteiger partial charge in [0.2, 0.25) is 0 Å². The molecule has 0 aliphatic carbocycles. The van der Waals surface area contributed by atoms with E-state index in [2.05, 4.69) is 20.8 Å². The number of hydrogen-bond acceptors (Lipinski definition) is 3. The van der Waals surface area contributed by atoms with Crippen molar-refractivity contribution in [2.75, 3.05) is 6.61 Å². The maximum atomic E-state index is 9.00. The number of benzene rings is 1. The van der Waals surface area contributed by atoms with E-state index in [9.17, 15) is 0 Å². The van der Waals surface area contributed by atoms with Crippen molar-refractivity contribution < 1.29 is 14.8 Å². The average molecular weight is 278 g/mol. The smallest absolute Gasteiger partial charge is 0.488 e. The minimum Gasteiger partial charge on any atom is -0.494 e. The molecule has 0 saturated heterocycles. The zero-order valence-electron chi connectivity index (χ0n) is 12.9. The van der Waals surface area contributed by atoms with Gasteiger partial charge >= 0.3 is 7.12 Å². The number of ether oxygens (including phenoxy) is 1. The Balaban J connectivity index is 2.19. The van der Waals surface area contributed by atoms with Crippen molar-refractivity contribution in [3.63, 3.8) is 0 Å². The molecular weight excluding hydrogens is 251 g/mol. The minimum atomic E-state index is -1.41. The van der Waals surface area contributed by atoms with E-state index < -0.39 is 7.12 Å². The lowest BCUT2D eigenvalue weighted by molar-refractivity contribution is 0.276. The van der Waals surface area contributed by atoms with E-state index in [-0.39, 0.29) is 0 Å². The van der Waals surface area contributed by atoms with Crippen molar-refractivity contribution in [3.05, 3.63) is 24.3 Å². The van der Waals surface area contributed by atoms with Crippen LogP contribution in [-0.4, -0.2) is 23.8 Å². The van der Waals surface area contributed by atoms with Crippen LogP contribution in [0.1, 0.15) is 46.5 Å². The summed E-state index contributed by atoms with van der Waals surface area (Å²) in [6, 6.07) is 6.90. The second kappa shape index (κ2) is 9.04. The number of hydrogen-bond donors (Lipinski definition) is 2. The predicted molar refractivity (Wildman–Crippen MR) is 84.2 cm³/mol. The fourth-order valence-electron chi connectivity index (χ4n) is 2.13. The van der Waals surface area contributed by atoms with E-state index in [1.807, 2.05) is 0 Å². The molecule has 0 bridgehead atoms. The lowest BCUT2D eigenvalue weighted by Gasteiger charge is -2.13. The highest BCUT2D eigenvalue weighted by molar-refractivity contribution is 6.58. The van der Waals surface area contributed by atoms with Crippen LogP contribution < -0.4 is 10.2 Å². The molecule has 3 nitrogen and oxygen atoms in total. The lowest BCUT2D eigenvalue weighted by atomic mass is 9.80. The van der Waals surface area contributed by atoms with Crippen LogP contribution in [0.2, 0.25) is 0 Å². The molecule has 0 fully saturated rings. The molecule has 1 aromatic carbocycles. The van der Waals surface area contributed by atoms with Crippen LogP contribution in [0.15, 0.2) is 24.3 Å². The van der Waals surface area contributed by atoms with E-state index in [4.69, 9.17) is 14.8 Å². The standard InChI is InChI=1S/C16H27BO3/c1-13(2)5-4-6-14(3)11-12-20-16-9-7-15(8-10-16)17(18)19/h7-10,13-14,18-19H,4-6,11-12H2,1-3H3. The van der Waals surface area contributed by atoms with Gasteiger partial charge in [0.15, 0.2) is 0 Å². The van der Waals surface area contributed by atoms with Crippen molar-refractivity contribution in [2.45, 2.75) is 46.5 Å². The van der Waals surface area contributed by atoms with Crippen LogP contribution in [0.4, 0.5) is 0 Å². The Morgan fingerprint density at radius 1 is 1.00 bits per heavy atom. The van der Waals surface area contributed by atoms with Gasteiger partial charge in [-0.05, 0) is 35.9 Å². The molecular formula is C16H27BO3. The summed E-state index contributed by atoms with van der Waals surface area (Å²) in [7, 11) is -1.41. The molecule has 20 heavy (non-hydrogen) atoms. The Morgan fingerprint density at radius 2 is 1.65 bits per heavy atom. The van der Waals surface area contributed by atoms with Gasteiger partial charge in [0, 0.05) is 0 Å². The molecule has 1 atom stereocenters. The van der Waals surface area contributed by atoms with Crippen LogP contribution >= 0.6 is 0 Å². The second-order valence-corrected chi connectivity index (χ2v) is 6.01. The van der Waals surface area contributed by atoms with Crippen LogP contribution in [0.5, 0.6) is 5.75 Å². The molecule has 0 amide bonds. The first kappa shape index (κ1) is 17.1. The van der Waals surface area contributed by atoms with Crippen LogP contribution in [-0.2, 0) is 0 Å². The fraction of sp³-hybridized carbons (Fsp3) is 0.625. The molecule has 2 N–H and O–H groups in total. The van der Waals surface area contributed by atoms with Gasteiger partial charge in [-0.15, -0.1) is 0 Å². The maximum absolute atomic E-state index is 9.00. The lowest BCUT2D eigenvalue weighted by Crippen LogP contribution is -2.29. The van der Waals surface area contributed by atoms with Crippen molar-refractivity contribution in [1.29, 1.82) is 0 Å². The normalized spacial score (nSPS) is 12.5. The summed E-state index contributed by atoms with van der Waals surface area (Å²) in [5, 5.41) is 18.0. The molecule has 4 heteroatoms. The minimum absolute atomic E-state index is 0.486. The Morgan fingerprint density at radius 3 is 2.20 bits per heavy atom. The Hall–Kier alpha value is -0.995. The van der Waals surface area contributed by atoms with Gasteiger partial charge in [0.05, 0.1) is 6.61 Å². The molecule has 1 aromatic rings. The van der Waals surface area contributed by atoms with Crippen molar-refractivity contribution in [1.82, 2.24) is 0 Å². The Bertz CT molecular complexity index is 362. The molecule has 1 unspecified atom stereocenters. The highest BCUT2D eigenvalue weighted by atomic mass is 16.5. The van der Waals surface area contributed by atoms with E-state index in [0.717, 1.165) is 18.1 Å². The van der Waals surface area contributed by atoms with Gasteiger partial charge in [-0.25, -0.2) is 0 Å². The fourth-order valence-corrected chi connectivity index (χ4v) is 2.13. The van der Waals surface area contributed by atoms with Crippen molar-refractivity contribution in [2.24, 2.45) is 11.8 Å². The summed E-state index contributed by atoms with van der Waals surface area (Å²) in [5.74, 6) is 2.26. The summed E-state index contributed by atoms with van der Waals surface area (Å²) in [4.78, 5) is 0. The Labute approximate surface area is 123 Å². The van der Waals surface area contributed by atoms with Crippen LogP contribution in [0.3, 0.4) is 0 Å². The van der Waals surface area contributed by atoms with Crippen LogP contribution in [0.25, 0.3) is 0 Å². The molecule has 0 heterocycles. The van der Waals surface area contributed by atoms with E-state index in [1.165, 1.54) is 19.3 Å². The maximum Gasteiger partial charge on any atom is 0.488 e. The van der Waals surface area contributed by atoms with Gasteiger partial charge in [-0.2, -0.15) is 0 Å². The topological polar surface area (TPSA) is 49.7 Å². The van der Waals surface area contributed by atoms with E-state index in [1.54, 1.807) is 24.3 Å². The van der Waals surface area contributed by atoms with Crippen LogP contribution in [0, 0.1) is 11.8 Å². The molecule has 0 aliphatic rings. The molecule has 0 radical (unpaired) electrons. The van der Waals surface area contributed by atoms with Crippen molar-refractivity contribution >= 4 is 12.6 Å². The molecule has 1 rings (SSSR count). The summed E-state index contributed by atoms with van der Waals surface area (Å²) < 4.78 is 5.68. The zero-order chi connectivity index (χ0) is 15.0. The molecule has 112 valence electrons. The van der Waals surface area contributed by atoms with Gasteiger partial charge in [0.1, 0.15) is 5.75 Å². The zero-order valence-corrected chi connectivity index (χ0v) is 12.9. The summed E-state index contributed by atoms with van der Waals surface area (Å²) in [6.07, 6.45) is 4.91. The molecule has 0 spiro atoms. The monoisotopic (exact) mass is 278 g/mol. The largest absolute Gasteiger partial charge is 0.494 e. The highest BCUT2D eigenvalue weighted by Gasteiger charge is 2.10.